The Morgan fingerprint density at radius 2 is 1.57 bits per heavy atom. The summed E-state index contributed by atoms with van der Waals surface area (Å²) in [6.45, 7) is 3.78. The number of carbonyl (C=O) groups excluding carboxylic acids is 1. The lowest BCUT2D eigenvalue weighted by molar-refractivity contribution is -0.132. The van der Waals surface area contributed by atoms with E-state index in [1.165, 1.54) is 16.4 Å². The van der Waals surface area contributed by atoms with E-state index in [0.717, 1.165) is 11.9 Å². The maximum Gasteiger partial charge on any atom is 0.246 e. The molecule has 0 radical (unpaired) electrons. The second-order valence-corrected chi connectivity index (χ2v) is 8.72. The topological polar surface area (TPSA) is 60.9 Å². The van der Waals surface area contributed by atoms with Crippen molar-refractivity contribution in [1.29, 1.82) is 0 Å². The summed E-state index contributed by atoms with van der Waals surface area (Å²) >= 11 is 0. The van der Waals surface area contributed by atoms with Crippen LogP contribution in [-0.2, 0) is 14.8 Å². The van der Waals surface area contributed by atoms with Crippen LogP contribution in [0.1, 0.15) is 6.92 Å². The smallest absolute Gasteiger partial charge is 0.246 e. The monoisotopic (exact) mass is 405 g/mol. The second-order valence-electron chi connectivity index (χ2n) is 6.86. The molecule has 1 heterocycles. The Bertz CT molecular complexity index is 911. The van der Waals surface area contributed by atoms with E-state index in [1.807, 2.05) is 0 Å². The highest BCUT2D eigenvalue weighted by molar-refractivity contribution is 7.92. The Morgan fingerprint density at radius 1 is 1.00 bits per heavy atom. The van der Waals surface area contributed by atoms with Gasteiger partial charge >= 0.3 is 0 Å². The third-order valence-corrected chi connectivity index (χ3v) is 6.10. The van der Waals surface area contributed by atoms with E-state index in [1.54, 1.807) is 54.3 Å². The highest BCUT2D eigenvalue weighted by Gasteiger charge is 2.33. The maximum atomic E-state index is 13.1. The minimum atomic E-state index is -3.62. The third kappa shape index (κ3) is 4.44. The molecule has 0 aliphatic carbocycles. The van der Waals surface area contributed by atoms with Crippen molar-refractivity contribution >= 4 is 27.3 Å². The first-order chi connectivity index (χ1) is 13.3. The first-order valence-corrected chi connectivity index (χ1v) is 11.0. The van der Waals surface area contributed by atoms with Crippen molar-refractivity contribution in [3.63, 3.8) is 0 Å². The molecule has 1 saturated heterocycles. The van der Waals surface area contributed by atoms with E-state index in [9.17, 15) is 17.6 Å². The van der Waals surface area contributed by atoms with Crippen LogP contribution in [0.2, 0.25) is 0 Å². The molecule has 0 spiro atoms. The zero-order valence-electron chi connectivity index (χ0n) is 16.0. The summed E-state index contributed by atoms with van der Waals surface area (Å²) < 4.78 is 38.9. The van der Waals surface area contributed by atoms with Crippen molar-refractivity contribution in [3.05, 3.63) is 60.4 Å². The largest absolute Gasteiger partial charge is 0.368 e. The van der Waals surface area contributed by atoms with Crippen molar-refractivity contribution < 1.29 is 17.6 Å². The molecule has 1 atom stereocenters. The zero-order chi connectivity index (χ0) is 20.3. The number of hydrogen-bond acceptors (Lipinski definition) is 4. The molecule has 1 aliphatic rings. The molecule has 1 aliphatic heterocycles. The van der Waals surface area contributed by atoms with Gasteiger partial charge in [0, 0.05) is 31.9 Å². The van der Waals surface area contributed by atoms with Gasteiger partial charge in [-0.25, -0.2) is 12.8 Å². The molecule has 6 nitrogen and oxygen atoms in total. The molecule has 150 valence electrons. The Balaban J connectivity index is 1.70. The Morgan fingerprint density at radius 3 is 2.11 bits per heavy atom. The number of anilines is 2. The van der Waals surface area contributed by atoms with E-state index >= 15 is 0 Å². The van der Waals surface area contributed by atoms with Gasteiger partial charge in [-0.1, -0.05) is 18.2 Å². The Kier molecular flexibility index (Phi) is 5.88. The second kappa shape index (κ2) is 8.18. The van der Waals surface area contributed by atoms with Gasteiger partial charge < -0.3 is 9.80 Å². The number of para-hydroxylation sites is 1. The first-order valence-electron chi connectivity index (χ1n) is 9.11. The van der Waals surface area contributed by atoms with Crippen LogP contribution in [-0.4, -0.2) is 57.7 Å². The van der Waals surface area contributed by atoms with Gasteiger partial charge in [0.2, 0.25) is 15.9 Å². The summed E-state index contributed by atoms with van der Waals surface area (Å²) in [7, 11) is -3.62. The molecule has 0 aromatic heterocycles. The number of piperazine rings is 1. The number of nitrogens with zero attached hydrogens (tertiary/aromatic N) is 3. The van der Waals surface area contributed by atoms with Crippen molar-refractivity contribution in [2.75, 3.05) is 41.6 Å². The molecule has 2 aromatic rings. The minimum Gasteiger partial charge on any atom is -0.368 e. The fraction of sp³-hybridized carbons (Fsp3) is 0.350. The third-order valence-electron chi connectivity index (χ3n) is 4.86. The first kappa shape index (κ1) is 20.1. The van der Waals surface area contributed by atoms with Gasteiger partial charge in [-0.3, -0.25) is 9.10 Å². The molecule has 1 amide bonds. The van der Waals surface area contributed by atoms with Crippen molar-refractivity contribution in [3.8, 4) is 0 Å². The quantitative estimate of drug-likeness (QED) is 0.766. The van der Waals surface area contributed by atoms with Crippen LogP contribution in [0.15, 0.2) is 54.6 Å². The van der Waals surface area contributed by atoms with Crippen LogP contribution >= 0.6 is 0 Å². The lowest BCUT2D eigenvalue weighted by Gasteiger charge is -2.39. The molecule has 0 bridgehead atoms. The molecule has 0 saturated carbocycles. The van der Waals surface area contributed by atoms with Gasteiger partial charge in [-0.05, 0) is 43.3 Å². The number of carbonyl (C=O) groups is 1. The Hall–Kier alpha value is -2.61. The average molecular weight is 405 g/mol. The minimum absolute atomic E-state index is 0.229. The number of rotatable bonds is 5. The molecule has 1 unspecified atom stereocenters. The highest BCUT2D eigenvalue weighted by atomic mass is 32.2. The van der Waals surface area contributed by atoms with E-state index in [4.69, 9.17) is 0 Å². The number of amides is 1. The SMILES string of the molecule is CC(C(=O)N1CCN(c2ccc(F)cc2)CC1)N(c1ccccc1)S(C)(=O)=O. The van der Waals surface area contributed by atoms with Crippen molar-refractivity contribution in [2.45, 2.75) is 13.0 Å². The van der Waals surface area contributed by atoms with E-state index in [0.29, 0.717) is 31.9 Å². The molecule has 0 N–H and O–H groups in total. The van der Waals surface area contributed by atoms with Gasteiger partial charge in [-0.2, -0.15) is 0 Å². The average Bonchev–Trinajstić information content (AvgIpc) is 2.68. The molecule has 8 heteroatoms. The summed E-state index contributed by atoms with van der Waals surface area (Å²) in [5, 5.41) is 0. The molecule has 28 heavy (non-hydrogen) atoms. The number of sulfonamides is 1. The van der Waals surface area contributed by atoms with E-state index in [-0.39, 0.29) is 11.7 Å². The van der Waals surface area contributed by atoms with Crippen LogP contribution in [0, 0.1) is 5.82 Å². The zero-order valence-corrected chi connectivity index (χ0v) is 16.8. The van der Waals surface area contributed by atoms with Crippen LogP contribution in [0.3, 0.4) is 0 Å². The summed E-state index contributed by atoms with van der Waals surface area (Å²) in [4.78, 5) is 16.8. The predicted molar refractivity (Wildman–Crippen MR) is 108 cm³/mol. The van der Waals surface area contributed by atoms with E-state index < -0.39 is 16.1 Å². The van der Waals surface area contributed by atoms with Crippen LogP contribution in [0.25, 0.3) is 0 Å². The van der Waals surface area contributed by atoms with Gasteiger partial charge in [0.15, 0.2) is 0 Å². The fourth-order valence-corrected chi connectivity index (χ4v) is 4.65. The highest BCUT2D eigenvalue weighted by Crippen LogP contribution is 2.22. The molecule has 1 fully saturated rings. The van der Waals surface area contributed by atoms with Gasteiger partial charge in [0.25, 0.3) is 0 Å². The molecule has 2 aromatic carbocycles. The predicted octanol–water partition coefficient (Wildman–Crippen LogP) is 2.33. The normalized spacial score (nSPS) is 16.0. The summed E-state index contributed by atoms with van der Waals surface area (Å²) in [6.07, 6.45) is 1.11. The lowest BCUT2D eigenvalue weighted by atomic mass is 10.2. The van der Waals surface area contributed by atoms with Crippen LogP contribution in [0.5, 0.6) is 0 Å². The van der Waals surface area contributed by atoms with Gasteiger partial charge in [-0.15, -0.1) is 0 Å². The maximum absolute atomic E-state index is 13.1. The molecular weight excluding hydrogens is 381 g/mol. The summed E-state index contributed by atoms with van der Waals surface area (Å²) in [5.74, 6) is -0.513. The summed E-state index contributed by atoms with van der Waals surface area (Å²) in [5.41, 5.74) is 1.37. The fourth-order valence-electron chi connectivity index (χ4n) is 3.48. The lowest BCUT2D eigenvalue weighted by Crippen LogP contribution is -2.55. The number of benzene rings is 2. The number of halogens is 1. The van der Waals surface area contributed by atoms with Crippen molar-refractivity contribution in [2.24, 2.45) is 0 Å². The van der Waals surface area contributed by atoms with Gasteiger partial charge in [0.05, 0.1) is 11.9 Å². The van der Waals surface area contributed by atoms with Gasteiger partial charge in [0.1, 0.15) is 11.9 Å². The molecule has 3 rings (SSSR count). The van der Waals surface area contributed by atoms with Crippen LogP contribution < -0.4 is 9.21 Å². The standard InChI is InChI=1S/C20H24FN3O3S/c1-16(24(28(2,26)27)19-6-4-3-5-7-19)20(25)23-14-12-22(13-15-23)18-10-8-17(21)9-11-18/h3-11,16H,12-15H2,1-2H3. The Labute approximate surface area is 165 Å². The van der Waals surface area contributed by atoms with E-state index in [2.05, 4.69) is 4.90 Å². The molecular formula is C20H24FN3O3S. The van der Waals surface area contributed by atoms with Crippen LogP contribution in [0.4, 0.5) is 15.8 Å². The van der Waals surface area contributed by atoms with Crippen molar-refractivity contribution in [1.82, 2.24) is 4.90 Å². The number of hydrogen-bond donors (Lipinski definition) is 0. The summed E-state index contributed by atoms with van der Waals surface area (Å²) in [6, 6.07) is 14.1.